The Kier molecular flexibility index (Phi) is 2.09. The quantitative estimate of drug-likeness (QED) is 0.534. The second-order valence-corrected chi connectivity index (χ2v) is 3.20. The molecule has 1 aromatic heterocycles. The van der Waals surface area contributed by atoms with E-state index in [1.54, 1.807) is 18.2 Å². The number of benzene rings is 1. The minimum Gasteiger partial charge on any atom is -0.422 e. The normalized spacial score (nSPS) is 10.4. The van der Waals surface area contributed by atoms with E-state index in [1.807, 2.05) is 0 Å². The first-order valence-corrected chi connectivity index (χ1v) is 4.27. The minimum absolute atomic E-state index is 0.0144. The molecule has 0 aliphatic heterocycles. The molecule has 0 fully saturated rings. The molecule has 70 valence electrons. The fraction of sp³-hybridized carbons (Fsp3) is 0. The van der Waals surface area contributed by atoms with Gasteiger partial charge in [0, 0.05) is 10.9 Å². The van der Waals surface area contributed by atoms with Gasteiger partial charge in [-0.2, -0.15) is 0 Å². The number of hydrogen-bond acceptors (Lipinski definition) is 3. The van der Waals surface area contributed by atoms with E-state index in [4.69, 9.17) is 16.0 Å². The molecule has 0 aliphatic carbocycles. The van der Waals surface area contributed by atoms with Gasteiger partial charge in [-0.05, 0) is 24.3 Å². The molecule has 1 aromatic carbocycles. The van der Waals surface area contributed by atoms with Crippen LogP contribution in [0.25, 0.3) is 11.0 Å². The highest BCUT2D eigenvalue weighted by Crippen LogP contribution is 2.16. The molecular formula is C10H5ClO3. The van der Waals surface area contributed by atoms with Gasteiger partial charge in [0.1, 0.15) is 16.9 Å². The lowest BCUT2D eigenvalue weighted by atomic mass is 10.1. The molecule has 0 bridgehead atoms. The number of rotatable bonds is 1. The van der Waals surface area contributed by atoms with Crippen LogP contribution in [0.2, 0.25) is 5.02 Å². The summed E-state index contributed by atoms with van der Waals surface area (Å²) in [5.41, 5.74) is 0.366. The summed E-state index contributed by atoms with van der Waals surface area (Å²) >= 11 is 5.59. The van der Waals surface area contributed by atoms with E-state index < -0.39 is 5.63 Å². The van der Waals surface area contributed by atoms with Crippen LogP contribution >= 0.6 is 11.6 Å². The van der Waals surface area contributed by atoms with Gasteiger partial charge in [0.15, 0.2) is 0 Å². The third-order valence-electron chi connectivity index (χ3n) is 1.85. The molecule has 0 aliphatic rings. The third kappa shape index (κ3) is 1.42. The van der Waals surface area contributed by atoms with Crippen molar-refractivity contribution in [2.24, 2.45) is 0 Å². The average Bonchev–Trinajstić information content (AvgIpc) is 2.19. The number of aldehydes is 1. The molecule has 0 unspecified atom stereocenters. The summed E-state index contributed by atoms with van der Waals surface area (Å²) in [5.74, 6) is 0. The van der Waals surface area contributed by atoms with Gasteiger partial charge >= 0.3 is 5.63 Å². The summed E-state index contributed by atoms with van der Waals surface area (Å²) in [7, 11) is 0. The third-order valence-corrected chi connectivity index (χ3v) is 2.11. The predicted octanol–water partition coefficient (Wildman–Crippen LogP) is 2.26. The van der Waals surface area contributed by atoms with Crippen molar-refractivity contribution in [3.63, 3.8) is 0 Å². The van der Waals surface area contributed by atoms with Crippen molar-refractivity contribution in [2.45, 2.75) is 0 Å². The van der Waals surface area contributed by atoms with Crippen LogP contribution in [-0.2, 0) is 0 Å². The molecule has 0 saturated heterocycles. The maximum atomic E-state index is 11.0. The highest BCUT2D eigenvalue weighted by Gasteiger charge is 2.02. The van der Waals surface area contributed by atoms with Crippen LogP contribution in [0.1, 0.15) is 10.4 Å². The minimum atomic E-state index is -0.571. The summed E-state index contributed by atoms with van der Waals surface area (Å²) < 4.78 is 4.89. The topological polar surface area (TPSA) is 47.3 Å². The molecule has 3 nitrogen and oxygen atoms in total. The van der Waals surface area contributed by atoms with Gasteiger partial charge in [-0.15, -0.1) is 0 Å². The fourth-order valence-corrected chi connectivity index (χ4v) is 1.35. The van der Waals surface area contributed by atoms with Crippen molar-refractivity contribution in [2.75, 3.05) is 0 Å². The van der Waals surface area contributed by atoms with Crippen molar-refractivity contribution < 1.29 is 9.21 Å². The maximum absolute atomic E-state index is 11.0. The first-order valence-electron chi connectivity index (χ1n) is 3.89. The van der Waals surface area contributed by atoms with Crippen molar-refractivity contribution >= 4 is 28.9 Å². The summed E-state index contributed by atoms with van der Waals surface area (Å²) in [6.45, 7) is 0. The number of halogens is 1. The summed E-state index contributed by atoms with van der Waals surface area (Å²) in [6, 6.07) is 6.23. The van der Waals surface area contributed by atoms with Crippen LogP contribution in [0.15, 0.2) is 33.5 Å². The first-order chi connectivity index (χ1) is 6.70. The number of carbonyl (C=O) groups is 1. The van der Waals surface area contributed by atoms with Gasteiger partial charge in [0.25, 0.3) is 0 Å². The summed E-state index contributed by atoms with van der Waals surface area (Å²) in [6.07, 6.45) is 0.721. The molecule has 0 saturated carbocycles. The molecule has 4 heteroatoms. The molecule has 2 rings (SSSR count). The summed E-state index contributed by atoms with van der Waals surface area (Å²) in [4.78, 5) is 21.5. The van der Waals surface area contributed by atoms with Crippen LogP contribution in [0.4, 0.5) is 0 Å². The maximum Gasteiger partial charge on any atom is 0.355 e. The van der Waals surface area contributed by atoms with Crippen LogP contribution < -0.4 is 5.63 Å². The fourth-order valence-electron chi connectivity index (χ4n) is 1.19. The average molecular weight is 209 g/mol. The van der Waals surface area contributed by atoms with Gasteiger partial charge in [-0.3, -0.25) is 4.79 Å². The second kappa shape index (κ2) is 3.27. The second-order valence-electron chi connectivity index (χ2n) is 2.80. The largest absolute Gasteiger partial charge is 0.422 e. The lowest BCUT2D eigenvalue weighted by Gasteiger charge is -1.97. The van der Waals surface area contributed by atoms with Gasteiger partial charge < -0.3 is 4.42 Å². The van der Waals surface area contributed by atoms with Crippen molar-refractivity contribution in [1.82, 2.24) is 0 Å². The van der Waals surface area contributed by atoms with E-state index >= 15 is 0 Å². The molecule has 0 N–H and O–H groups in total. The lowest BCUT2D eigenvalue weighted by Crippen LogP contribution is -1.98. The van der Waals surface area contributed by atoms with E-state index in [2.05, 4.69) is 0 Å². The predicted molar refractivity (Wildman–Crippen MR) is 52.9 cm³/mol. The number of hydrogen-bond donors (Lipinski definition) is 0. The SMILES string of the molecule is O=Cc1ccc2oc(=O)c(Cl)cc2c1. The van der Waals surface area contributed by atoms with Crippen molar-refractivity contribution in [1.29, 1.82) is 0 Å². The van der Waals surface area contributed by atoms with E-state index in [1.165, 1.54) is 6.07 Å². The van der Waals surface area contributed by atoms with Crippen molar-refractivity contribution in [3.05, 3.63) is 45.3 Å². The zero-order chi connectivity index (χ0) is 10.1. The highest BCUT2D eigenvalue weighted by atomic mass is 35.5. The number of fused-ring (bicyclic) bond motifs is 1. The molecule has 1 heterocycles. The van der Waals surface area contributed by atoms with Gasteiger partial charge in [0.05, 0.1) is 0 Å². The standard InChI is InChI=1S/C10H5ClO3/c11-8-4-7-3-6(5-12)1-2-9(7)14-10(8)13/h1-5H. The Labute approximate surface area is 83.9 Å². The van der Waals surface area contributed by atoms with Gasteiger partial charge in [0.2, 0.25) is 0 Å². The molecule has 2 aromatic rings. The molecule has 0 atom stereocenters. The van der Waals surface area contributed by atoms with Crippen LogP contribution in [-0.4, -0.2) is 6.29 Å². The monoisotopic (exact) mass is 208 g/mol. The Hall–Kier alpha value is -1.61. The Balaban J connectivity index is 2.83. The van der Waals surface area contributed by atoms with E-state index in [9.17, 15) is 9.59 Å². The molecule has 0 spiro atoms. The van der Waals surface area contributed by atoms with Crippen LogP contribution in [0.5, 0.6) is 0 Å². The zero-order valence-corrected chi connectivity index (χ0v) is 7.75. The molecule has 0 radical (unpaired) electrons. The van der Waals surface area contributed by atoms with Gasteiger partial charge in [-0.1, -0.05) is 11.6 Å². The van der Waals surface area contributed by atoms with E-state index in [0.717, 1.165) is 6.29 Å². The molecule has 0 amide bonds. The van der Waals surface area contributed by atoms with Gasteiger partial charge in [-0.25, -0.2) is 4.79 Å². The lowest BCUT2D eigenvalue weighted by molar-refractivity contribution is 0.112. The smallest absolute Gasteiger partial charge is 0.355 e. The zero-order valence-electron chi connectivity index (χ0n) is 6.99. The van der Waals surface area contributed by atoms with E-state index in [0.29, 0.717) is 16.5 Å². The molecule has 14 heavy (non-hydrogen) atoms. The summed E-state index contributed by atoms with van der Waals surface area (Å²) in [5, 5.41) is 0.653. The van der Waals surface area contributed by atoms with Crippen molar-refractivity contribution in [3.8, 4) is 0 Å². The van der Waals surface area contributed by atoms with E-state index in [-0.39, 0.29) is 5.02 Å². The van der Waals surface area contributed by atoms with Crippen LogP contribution in [0, 0.1) is 0 Å². The highest BCUT2D eigenvalue weighted by molar-refractivity contribution is 6.30. The number of carbonyl (C=O) groups excluding carboxylic acids is 1. The Morgan fingerprint density at radius 3 is 2.79 bits per heavy atom. The Bertz CT molecular complexity index is 557. The van der Waals surface area contributed by atoms with Crippen LogP contribution in [0.3, 0.4) is 0 Å². The Morgan fingerprint density at radius 1 is 1.29 bits per heavy atom. The Morgan fingerprint density at radius 2 is 2.07 bits per heavy atom. The molecular weight excluding hydrogens is 204 g/mol. The first kappa shape index (κ1) is 8.97.